The molecule has 3 nitrogen and oxygen atoms in total. The summed E-state index contributed by atoms with van der Waals surface area (Å²) in [5, 5.41) is 0. The van der Waals surface area contributed by atoms with Crippen LogP contribution in [0.15, 0.2) is 0 Å². The van der Waals surface area contributed by atoms with Crippen LogP contribution in [-0.4, -0.2) is 24.5 Å². The molecule has 0 aromatic carbocycles. The summed E-state index contributed by atoms with van der Waals surface area (Å²) in [5.74, 6) is -0.0816. The lowest BCUT2D eigenvalue weighted by molar-refractivity contribution is -0.144. The van der Waals surface area contributed by atoms with Crippen LogP contribution in [0.1, 0.15) is 6.92 Å². The van der Waals surface area contributed by atoms with Gasteiger partial charge in [-0.05, 0) is 0 Å². The maximum absolute atomic E-state index is 10.2. The third-order valence-corrected chi connectivity index (χ3v) is 1.11. The van der Waals surface area contributed by atoms with Crippen LogP contribution in [0.2, 0.25) is 0 Å². The first-order valence-corrected chi connectivity index (χ1v) is 3.17. The van der Waals surface area contributed by atoms with Crippen LogP contribution in [0, 0.1) is 0 Å². The van der Waals surface area contributed by atoms with Crippen molar-refractivity contribution >= 4 is 17.6 Å². The molecule has 54 valence electrons. The van der Waals surface area contributed by atoms with E-state index in [1.54, 1.807) is 0 Å². The van der Waals surface area contributed by atoms with Crippen molar-refractivity contribution in [2.45, 2.75) is 13.0 Å². The highest BCUT2D eigenvalue weighted by Crippen LogP contribution is 1.92. The van der Waals surface area contributed by atoms with Gasteiger partial charge in [-0.15, -0.1) is 11.6 Å². The molecular weight excluding hydrogens is 142 g/mol. The summed E-state index contributed by atoms with van der Waals surface area (Å²) in [6, 6.07) is 0. The molecule has 1 atom stereocenters. The zero-order valence-corrected chi connectivity index (χ0v) is 6.02. The highest BCUT2D eigenvalue weighted by Gasteiger charge is 2.06. The van der Waals surface area contributed by atoms with Gasteiger partial charge in [-0.25, -0.2) is 0 Å². The number of halogens is 1. The van der Waals surface area contributed by atoms with Gasteiger partial charge in [0, 0.05) is 13.5 Å². The van der Waals surface area contributed by atoms with Crippen LogP contribution >= 0.6 is 11.6 Å². The number of nitrogens with two attached hydrogens (primary N) is 1. The van der Waals surface area contributed by atoms with Gasteiger partial charge < -0.3 is 10.5 Å². The molecule has 0 aromatic heterocycles. The normalized spacial score (nSPS) is 12.8. The number of carbonyl (C=O) groups is 1. The lowest BCUT2D eigenvalue weighted by Crippen LogP contribution is -2.27. The Balaban J connectivity index is 3.43. The molecule has 0 aliphatic heterocycles. The van der Waals surface area contributed by atoms with Gasteiger partial charge in [0.15, 0.2) is 0 Å². The number of ether oxygens (including phenoxy) is 1. The molecule has 9 heavy (non-hydrogen) atoms. The van der Waals surface area contributed by atoms with Gasteiger partial charge in [-0.1, -0.05) is 0 Å². The highest BCUT2D eigenvalue weighted by atomic mass is 35.5. The number of carbonyl (C=O) groups excluding carboxylic acids is 1. The zero-order valence-electron chi connectivity index (χ0n) is 5.26. The van der Waals surface area contributed by atoms with E-state index in [4.69, 9.17) is 17.3 Å². The molecule has 0 saturated carbocycles. The molecule has 0 radical (unpaired) electrons. The highest BCUT2D eigenvalue weighted by molar-refractivity contribution is 6.18. The van der Waals surface area contributed by atoms with Crippen molar-refractivity contribution in [3.05, 3.63) is 0 Å². The maximum Gasteiger partial charge on any atom is 0.302 e. The number of hydrogen-bond donors (Lipinski definition) is 1. The second kappa shape index (κ2) is 4.58. The fourth-order valence-corrected chi connectivity index (χ4v) is 0.566. The van der Waals surface area contributed by atoms with Crippen LogP contribution in [0.3, 0.4) is 0 Å². The monoisotopic (exact) mass is 151 g/mol. The molecule has 0 bridgehead atoms. The van der Waals surface area contributed by atoms with Crippen molar-refractivity contribution in [1.82, 2.24) is 0 Å². The van der Waals surface area contributed by atoms with Crippen molar-refractivity contribution in [3.8, 4) is 0 Å². The number of alkyl halides is 1. The molecule has 0 fully saturated rings. The minimum Gasteiger partial charge on any atom is -0.460 e. The smallest absolute Gasteiger partial charge is 0.302 e. The van der Waals surface area contributed by atoms with Gasteiger partial charge in [0.1, 0.15) is 6.10 Å². The molecule has 0 aliphatic carbocycles. The maximum atomic E-state index is 10.2. The van der Waals surface area contributed by atoms with Gasteiger partial charge >= 0.3 is 5.97 Å². The van der Waals surface area contributed by atoms with E-state index >= 15 is 0 Å². The van der Waals surface area contributed by atoms with Crippen molar-refractivity contribution in [2.75, 3.05) is 12.4 Å². The van der Waals surface area contributed by atoms with Crippen LogP contribution in [-0.2, 0) is 9.53 Å². The Labute approximate surface area is 59.1 Å². The standard InChI is InChI=1S/C5H10ClNO2/c1-4(8)9-5(2-6)3-7/h5H,2-3,7H2,1H3. The minimum atomic E-state index is -0.342. The predicted molar refractivity (Wildman–Crippen MR) is 35.3 cm³/mol. The quantitative estimate of drug-likeness (QED) is 0.460. The van der Waals surface area contributed by atoms with Crippen LogP contribution in [0.5, 0.6) is 0 Å². The molecule has 0 aliphatic rings. The molecule has 0 amide bonds. The molecule has 2 N–H and O–H groups in total. The first-order valence-electron chi connectivity index (χ1n) is 2.64. The summed E-state index contributed by atoms with van der Waals surface area (Å²) in [5.41, 5.74) is 5.17. The Hall–Kier alpha value is -0.280. The molecule has 1 unspecified atom stereocenters. The SMILES string of the molecule is CC(=O)OC(CN)CCl. The zero-order chi connectivity index (χ0) is 7.28. The summed E-state index contributed by atoms with van der Waals surface area (Å²) in [7, 11) is 0. The molecule has 0 saturated heterocycles. The van der Waals surface area contributed by atoms with Crippen LogP contribution in [0.4, 0.5) is 0 Å². The predicted octanol–water partition coefficient (Wildman–Crippen LogP) is 0.116. The number of rotatable bonds is 3. The van der Waals surface area contributed by atoms with E-state index in [9.17, 15) is 4.79 Å². The Kier molecular flexibility index (Phi) is 4.44. The van der Waals surface area contributed by atoms with E-state index in [1.165, 1.54) is 6.92 Å². The first-order chi connectivity index (χ1) is 4.20. The van der Waals surface area contributed by atoms with E-state index in [1.807, 2.05) is 0 Å². The Morgan fingerprint density at radius 3 is 2.56 bits per heavy atom. The second-order valence-electron chi connectivity index (χ2n) is 1.62. The van der Waals surface area contributed by atoms with Gasteiger partial charge in [0.25, 0.3) is 0 Å². The van der Waals surface area contributed by atoms with Crippen LogP contribution < -0.4 is 5.73 Å². The fourth-order valence-electron chi connectivity index (χ4n) is 0.377. The molecule has 0 rings (SSSR count). The fraction of sp³-hybridized carbons (Fsp3) is 0.800. The second-order valence-corrected chi connectivity index (χ2v) is 1.93. The molecule has 0 aromatic rings. The Morgan fingerprint density at radius 2 is 2.44 bits per heavy atom. The lowest BCUT2D eigenvalue weighted by atomic mass is 10.4. The number of esters is 1. The van der Waals surface area contributed by atoms with Gasteiger partial charge in [-0.2, -0.15) is 0 Å². The number of hydrogen-bond acceptors (Lipinski definition) is 3. The largest absolute Gasteiger partial charge is 0.460 e. The molecule has 4 heteroatoms. The van der Waals surface area contributed by atoms with E-state index in [2.05, 4.69) is 4.74 Å². The summed E-state index contributed by atoms with van der Waals surface area (Å²) >= 11 is 5.35. The Bertz CT molecular complexity index is 93.0. The summed E-state index contributed by atoms with van der Waals surface area (Å²) in [6.07, 6.45) is -0.329. The van der Waals surface area contributed by atoms with Gasteiger partial charge in [0.2, 0.25) is 0 Å². The summed E-state index contributed by atoms with van der Waals surface area (Å²) in [6.45, 7) is 1.61. The van der Waals surface area contributed by atoms with Crippen LogP contribution in [0.25, 0.3) is 0 Å². The van der Waals surface area contributed by atoms with Crippen molar-refractivity contribution in [3.63, 3.8) is 0 Å². The van der Waals surface area contributed by atoms with Crippen molar-refractivity contribution in [1.29, 1.82) is 0 Å². The third kappa shape index (κ3) is 4.24. The van der Waals surface area contributed by atoms with Crippen molar-refractivity contribution in [2.24, 2.45) is 5.73 Å². The van der Waals surface area contributed by atoms with Gasteiger partial charge in [0.05, 0.1) is 5.88 Å². The summed E-state index contributed by atoms with van der Waals surface area (Å²) in [4.78, 5) is 10.2. The Morgan fingerprint density at radius 1 is 1.89 bits per heavy atom. The lowest BCUT2D eigenvalue weighted by Gasteiger charge is -2.09. The minimum absolute atomic E-state index is 0.260. The third-order valence-electron chi connectivity index (χ3n) is 0.768. The topological polar surface area (TPSA) is 52.3 Å². The van der Waals surface area contributed by atoms with E-state index in [0.717, 1.165) is 0 Å². The van der Waals surface area contributed by atoms with E-state index in [0.29, 0.717) is 0 Å². The summed E-state index contributed by atoms with van der Waals surface area (Å²) < 4.78 is 4.65. The van der Waals surface area contributed by atoms with E-state index < -0.39 is 0 Å². The molecule has 0 heterocycles. The molecular formula is C5H10ClNO2. The molecule has 0 spiro atoms. The average Bonchev–Trinajstić information content (AvgIpc) is 1.82. The first kappa shape index (κ1) is 8.72. The average molecular weight is 152 g/mol. The van der Waals surface area contributed by atoms with Gasteiger partial charge in [-0.3, -0.25) is 4.79 Å². The van der Waals surface area contributed by atoms with E-state index in [-0.39, 0.29) is 24.5 Å². The van der Waals surface area contributed by atoms with Crippen molar-refractivity contribution < 1.29 is 9.53 Å².